The van der Waals surface area contributed by atoms with Gasteiger partial charge in [-0.1, -0.05) is 34.6 Å². The maximum Gasteiger partial charge on any atom is 0.418 e. The van der Waals surface area contributed by atoms with Gasteiger partial charge in [0.15, 0.2) is 0 Å². The van der Waals surface area contributed by atoms with Crippen LogP contribution in [0.1, 0.15) is 131 Å². The Morgan fingerprint density at radius 1 is 0.333 bits per heavy atom. The quantitative estimate of drug-likeness (QED) is 0.0417. The van der Waals surface area contributed by atoms with E-state index in [-0.39, 0.29) is 140 Å². The molecule has 12 atom stereocenters. The molecule has 8 fully saturated rings. The Kier molecular flexibility index (Phi) is 31.6. The third-order valence-electron chi connectivity index (χ3n) is 25.0. The van der Waals surface area contributed by atoms with Crippen LogP contribution in [0, 0.1) is 29.6 Å². The topological polar surface area (TPSA) is 370 Å². The van der Waals surface area contributed by atoms with Gasteiger partial charge in [0.05, 0.1) is 69.2 Å². The fourth-order valence-electron chi connectivity index (χ4n) is 18.5. The molecule has 0 bridgehead atoms. The molecule has 11 N–H and O–H groups in total. The number of nitrogens with zero attached hydrogens (tertiary/aromatic N) is 16. The Bertz CT molecular complexity index is 5180. The molecule has 4 unspecified atom stereocenters. The van der Waals surface area contributed by atoms with Crippen LogP contribution in [0.2, 0.25) is 0 Å². The molecule has 8 aliphatic heterocycles. The first-order chi connectivity index (χ1) is 61.9. The van der Waals surface area contributed by atoms with Gasteiger partial charge in [0.2, 0.25) is 17.7 Å². The number of rotatable bonds is 16. The molecule has 16 rings (SSSR count). The smallest absolute Gasteiger partial charge is 0.418 e. The van der Waals surface area contributed by atoms with Crippen molar-refractivity contribution < 1.29 is 86.5 Å². The van der Waals surface area contributed by atoms with Gasteiger partial charge in [-0.3, -0.25) is 78.6 Å². The van der Waals surface area contributed by atoms with Crippen molar-refractivity contribution in [3.8, 4) is 0 Å². The highest BCUT2D eigenvalue weighted by Crippen LogP contribution is 2.43. The highest BCUT2D eigenvalue weighted by atomic mass is 19.4. The molecule has 8 aromatic rings. The van der Waals surface area contributed by atoms with Crippen molar-refractivity contribution in [2.45, 2.75) is 206 Å². The average molecular weight is 1860 g/mol. The summed E-state index contributed by atoms with van der Waals surface area (Å²) in [4.78, 5) is 109. The fourth-order valence-corrected chi connectivity index (χ4v) is 18.5. The number of carbonyl (C=O) groups excluding carboxylic acids is 4. The molecule has 4 aromatic carbocycles. The Morgan fingerprint density at radius 3 is 0.841 bits per heavy atom. The molecule has 42 heteroatoms. The molecular formula is C90H119F12N23O7. The zero-order valence-electron chi connectivity index (χ0n) is 75.9. The number of benzene rings is 4. The SMILES string of the molecule is CC(C(=O)N[C@@H]1C[C@H](C)CN(c2ccc(C(F)(F)F)c3nccnc23)C1)N1CC(N)C1.CC(C(=O)N[C@@H]1C[C@H](C)CN(c2ccc(C(F)(F)F)c3nccnc23)C1)N1CC(N)C1.CC(C(=O)N[C@@H]1C[C@H](C)CN(c2ccc(C(F)(F)F)c3nccnc23)C1)N1CC(NC(=O)OC(C)(C)C)C1.CC1CN(C(C)C(=O)O)C1.C[C@H]1C[C@@H](N)CN(c2ccc(C(F)(F)F)c3nccnc23)C1. The van der Waals surface area contributed by atoms with Crippen LogP contribution in [-0.4, -0.2) is 271 Å². The van der Waals surface area contributed by atoms with E-state index in [1.807, 2.05) is 60.0 Å². The van der Waals surface area contributed by atoms with Gasteiger partial charge in [-0.15, -0.1) is 0 Å². The lowest BCUT2D eigenvalue weighted by Gasteiger charge is -2.43. The summed E-state index contributed by atoms with van der Waals surface area (Å²) < 4.78 is 166. The summed E-state index contributed by atoms with van der Waals surface area (Å²) >= 11 is 0. The van der Waals surface area contributed by atoms with Crippen molar-refractivity contribution in [2.24, 2.45) is 46.8 Å². The van der Waals surface area contributed by atoms with Crippen molar-refractivity contribution in [3.63, 3.8) is 0 Å². The Balaban J connectivity index is 0.000000155. The fraction of sp³-hybridized carbons (Fsp3) is 0.589. The molecule has 30 nitrogen and oxygen atoms in total. The summed E-state index contributed by atoms with van der Waals surface area (Å²) in [5.74, 6) is 0.820. The molecule has 8 aliphatic rings. The maximum atomic E-state index is 13.5. The standard InChI is InChI=1S/C26H35F3N6O3.2C21H27F3N6O.C15H17F3N4.C7H13NO2/c1-15-10-17(32-23(36)16(2)34-13-18(14-34)33-24(37)38-25(3,4)5)12-35(11-15)20-7-6-19(26(27,28)29)21-22(20)31-9-8-30-21;2*1-12-7-15(28-20(31)13(2)29-9-14(25)10-29)11-30(8-12)17-4-3-16(21(22,23)24)18-19(17)27-6-5-26-18;1-9-6-10(19)8-22(7-9)12-3-2-11(15(16,17)18)13-14(12)21-5-4-20-13;1-5-3-8(4-5)6(2)7(9)10/h6-9,15-18H,10-14H2,1-5H3,(H,32,36)(H,33,37);2*3-6,12-15H,7-11,25H2,1-2H3,(H,28,31);2-5,9-10H,6-8,19H2,1H3;5-6H,3-4H2,1-2H3,(H,9,10)/t15-,16?,17+;2*12-,13?,15+;9-,10+;/m0000./s1. The average Bonchev–Trinajstić information content (AvgIpc) is 0.775. The van der Waals surface area contributed by atoms with Crippen molar-refractivity contribution in [2.75, 3.05) is 124 Å². The second kappa shape index (κ2) is 41.5. The summed E-state index contributed by atoms with van der Waals surface area (Å²) in [5, 5.41) is 20.7. The van der Waals surface area contributed by atoms with Gasteiger partial charge >= 0.3 is 36.8 Å². The van der Waals surface area contributed by atoms with Gasteiger partial charge < -0.3 is 67.9 Å². The van der Waals surface area contributed by atoms with Gasteiger partial charge in [-0.05, 0) is 152 Å². The Labute approximate surface area is 757 Å². The Hall–Kier alpha value is -10.5. The molecule has 720 valence electrons. The molecule has 8 saturated heterocycles. The van der Waals surface area contributed by atoms with Crippen LogP contribution in [0.15, 0.2) is 98.1 Å². The number of piperidine rings is 4. The van der Waals surface area contributed by atoms with Crippen LogP contribution in [0.5, 0.6) is 0 Å². The highest BCUT2D eigenvalue weighted by Gasteiger charge is 2.44. The number of amides is 4. The predicted octanol–water partition coefficient (Wildman–Crippen LogP) is 10.8. The lowest BCUT2D eigenvalue weighted by molar-refractivity contribution is -0.145. The van der Waals surface area contributed by atoms with Crippen LogP contribution in [0.25, 0.3) is 44.1 Å². The number of carboxylic acids is 1. The normalized spacial score (nSPS) is 23.3. The minimum Gasteiger partial charge on any atom is -0.480 e. The molecule has 12 heterocycles. The summed E-state index contributed by atoms with van der Waals surface area (Å²) in [6.07, 6.45) is -4.50. The number of alkyl halides is 12. The number of carbonyl (C=O) groups is 5. The van der Waals surface area contributed by atoms with E-state index in [0.717, 1.165) is 69.6 Å². The van der Waals surface area contributed by atoms with Crippen molar-refractivity contribution >= 4 is 96.7 Å². The molecule has 4 amide bonds. The highest BCUT2D eigenvalue weighted by molar-refractivity contribution is 5.94. The van der Waals surface area contributed by atoms with E-state index in [2.05, 4.69) is 95.8 Å². The zero-order chi connectivity index (χ0) is 96.1. The number of hydrogen-bond acceptors (Lipinski definition) is 25. The van der Waals surface area contributed by atoms with Crippen LogP contribution < -0.4 is 58.1 Å². The largest absolute Gasteiger partial charge is 0.480 e. The first kappa shape index (κ1) is 100. The van der Waals surface area contributed by atoms with E-state index in [1.165, 1.54) is 73.8 Å². The summed E-state index contributed by atoms with van der Waals surface area (Å²) in [5.41, 5.74) is 16.7. The van der Waals surface area contributed by atoms with E-state index >= 15 is 0 Å². The number of hydrogen-bond donors (Lipinski definition) is 8. The predicted molar refractivity (Wildman–Crippen MR) is 476 cm³/mol. The van der Waals surface area contributed by atoms with E-state index in [4.69, 9.17) is 27.0 Å². The van der Waals surface area contributed by atoms with E-state index in [9.17, 15) is 76.7 Å². The molecule has 0 spiro atoms. The lowest BCUT2D eigenvalue weighted by atomic mass is 9.94. The molecule has 0 aliphatic carbocycles. The first-order valence-electron chi connectivity index (χ1n) is 44.5. The number of aromatic nitrogens is 8. The van der Waals surface area contributed by atoms with Crippen molar-refractivity contribution in [3.05, 3.63) is 120 Å². The number of likely N-dealkylation sites (tertiary alicyclic amines) is 4. The number of fused-ring (bicyclic) bond motifs is 4. The number of ether oxygens (including phenoxy) is 1. The van der Waals surface area contributed by atoms with Gasteiger partial charge in [0.1, 0.15) is 55.8 Å². The van der Waals surface area contributed by atoms with E-state index in [0.29, 0.717) is 120 Å². The third-order valence-corrected chi connectivity index (χ3v) is 25.0. The Morgan fingerprint density at radius 2 is 0.591 bits per heavy atom. The summed E-state index contributed by atoms with van der Waals surface area (Å²) in [7, 11) is 0. The number of anilines is 4. The minimum atomic E-state index is -4.53. The second-order valence-corrected chi connectivity index (χ2v) is 37.7. The second-order valence-electron chi connectivity index (χ2n) is 37.7. The summed E-state index contributed by atoms with van der Waals surface area (Å²) in [6.45, 7) is 33.6. The van der Waals surface area contributed by atoms with Gasteiger partial charge in [-0.2, -0.15) is 52.7 Å². The monoisotopic (exact) mass is 1860 g/mol. The summed E-state index contributed by atoms with van der Waals surface area (Å²) in [6, 6.07) is 8.65. The zero-order valence-corrected chi connectivity index (χ0v) is 75.9. The van der Waals surface area contributed by atoms with E-state index < -0.39 is 70.7 Å². The van der Waals surface area contributed by atoms with Gasteiger partial charge in [0, 0.05) is 191 Å². The van der Waals surface area contributed by atoms with Crippen LogP contribution in [0.4, 0.5) is 80.2 Å². The third kappa shape index (κ3) is 25.1. The molecular weight excluding hydrogens is 1740 g/mol. The number of aliphatic carboxylic acids is 1. The molecule has 4 aromatic heterocycles. The van der Waals surface area contributed by atoms with Crippen molar-refractivity contribution in [1.82, 2.24) is 80.7 Å². The van der Waals surface area contributed by atoms with Gasteiger partial charge in [-0.25, -0.2) is 4.79 Å². The number of halogens is 12. The number of carboxylic acid groups (broad SMARTS) is 1. The molecule has 0 radical (unpaired) electrons. The minimum absolute atomic E-state index is 0.0118. The maximum absolute atomic E-state index is 13.5. The van der Waals surface area contributed by atoms with E-state index in [1.54, 1.807) is 27.7 Å². The van der Waals surface area contributed by atoms with Crippen LogP contribution in [-0.2, 0) is 48.6 Å². The number of nitrogens with one attached hydrogen (secondary N) is 4. The number of nitrogens with two attached hydrogens (primary N) is 3. The van der Waals surface area contributed by atoms with Crippen LogP contribution >= 0.6 is 0 Å². The first-order valence-corrected chi connectivity index (χ1v) is 44.5. The van der Waals surface area contributed by atoms with Crippen molar-refractivity contribution in [1.29, 1.82) is 0 Å². The van der Waals surface area contributed by atoms with Gasteiger partial charge in [0.25, 0.3) is 0 Å². The van der Waals surface area contributed by atoms with Crippen LogP contribution in [0.3, 0.4) is 0 Å². The number of alkyl carbamates (subject to hydrolysis) is 1. The molecule has 132 heavy (non-hydrogen) atoms. The molecule has 0 saturated carbocycles. The lowest BCUT2D eigenvalue weighted by Crippen LogP contribution is -2.65.